The zero-order valence-corrected chi connectivity index (χ0v) is 11.2. The smallest absolute Gasteiger partial charge is 0.0271 e. The molecule has 66 valence electrons. The van der Waals surface area contributed by atoms with E-state index < -0.39 is 0 Å². The zero-order valence-electron chi connectivity index (χ0n) is 6.40. The third-order valence-electron chi connectivity index (χ3n) is 2.36. The highest BCUT2D eigenvalue weighted by Gasteiger charge is 2.23. The average Bonchev–Trinajstić information content (AvgIpc) is 2.05. The number of hydrogen-bond acceptors (Lipinski definition) is 0. The van der Waals surface area contributed by atoms with Crippen LogP contribution in [0.4, 0.5) is 0 Å². The van der Waals surface area contributed by atoms with Crippen molar-refractivity contribution >= 4 is 47.8 Å². The van der Waals surface area contributed by atoms with E-state index in [1.807, 2.05) is 0 Å². The molecule has 0 aromatic carbocycles. The maximum Gasteiger partial charge on any atom is 0.0271 e. The summed E-state index contributed by atoms with van der Waals surface area (Å²) in [5, 5.41) is 1.09. The fourth-order valence-electron chi connectivity index (χ4n) is 1.57. The first-order valence-electron chi connectivity index (χ1n) is 4.08. The van der Waals surface area contributed by atoms with E-state index in [0.29, 0.717) is 4.83 Å². The number of alkyl halides is 3. The molecule has 0 spiro atoms. The Balaban J connectivity index is 2.27. The van der Waals surface area contributed by atoms with Crippen LogP contribution in [-0.4, -0.2) is 15.0 Å². The van der Waals surface area contributed by atoms with Crippen LogP contribution in [-0.2, 0) is 0 Å². The van der Waals surface area contributed by atoms with Gasteiger partial charge in [-0.3, -0.25) is 0 Å². The van der Waals surface area contributed by atoms with Crippen LogP contribution in [0.5, 0.6) is 0 Å². The maximum atomic E-state index is 3.70. The summed E-state index contributed by atoms with van der Waals surface area (Å²) in [6, 6.07) is 0. The Morgan fingerprint density at radius 2 is 1.73 bits per heavy atom. The standard InChI is InChI=1S/C8H13Br3/c9-5-8(11)6-1-3-7(10)4-2-6/h6-8H,1-5H2. The minimum atomic E-state index is 0.683. The van der Waals surface area contributed by atoms with Gasteiger partial charge in [-0.2, -0.15) is 0 Å². The normalized spacial score (nSPS) is 35.2. The Morgan fingerprint density at radius 1 is 1.18 bits per heavy atom. The molecule has 0 aromatic rings. The minimum Gasteiger partial charge on any atom is -0.0916 e. The monoisotopic (exact) mass is 346 g/mol. The number of rotatable bonds is 2. The molecular formula is C8H13Br3. The SMILES string of the molecule is BrCC(Br)C1CCC(Br)CC1. The van der Waals surface area contributed by atoms with Crippen molar-refractivity contribution in [2.75, 3.05) is 5.33 Å². The van der Waals surface area contributed by atoms with Gasteiger partial charge in [0, 0.05) is 15.0 Å². The molecule has 11 heavy (non-hydrogen) atoms. The van der Waals surface area contributed by atoms with Gasteiger partial charge in [0.1, 0.15) is 0 Å². The van der Waals surface area contributed by atoms with E-state index >= 15 is 0 Å². The van der Waals surface area contributed by atoms with Crippen molar-refractivity contribution in [3.8, 4) is 0 Å². The predicted octanol–water partition coefficient (Wildman–Crippen LogP) is 4.10. The van der Waals surface area contributed by atoms with Crippen LogP contribution in [0, 0.1) is 5.92 Å². The number of hydrogen-bond donors (Lipinski definition) is 0. The van der Waals surface area contributed by atoms with Crippen LogP contribution in [0.3, 0.4) is 0 Å². The molecule has 0 bridgehead atoms. The van der Waals surface area contributed by atoms with Crippen LogP contribution >= 0.6 is 47.8 Å². The summed E-state index contributed by atoms with van der Waals surface area (Å²) >= 11 is 10.9. The van der Waals surface area contributed by atoms with E-state index in [4.69, 9.17) is 0 Å². The van der Waals surface area contributed by atoms with Crippen molar-refractivity contribution < 1.29 is 0 Å². The fraction of sp³-hybridized carbons (Fsp3) is 1.00. The van der Waals surface area contributed by atoms with Gasteiger partial charge in [-0.25, -0.2) is 0 Å². The molecule has 1 atom stereocenters. The van der Waals surface area contributed by atoms with Crippen LogP contribution in [0.2, 0.25) is 0 Å². The van der Waals surface area contributed by atoms with Crippen molar-refractivity contribution in [1.82, 2.24) is 0 Å². The second kappa shape index (κ2) is 5.23. The lowest BCUT2D eigenvalue weighted by Crippen LogP contribution is -2.22. The molecule has 0 N–H and O–H groups in total. The largest absolute Gasteiger partial charge is 0.0916 e. The van der Waals surface area contributed by atoms with Crippen molar-refractivity contribution in [2.45, 2.75) is 35.3 Å². The summed E-state index contributed by atoms with van der Waals surface area (Å²) in [7, 11) is 0. The summed E-state index contributed by atoms with van der Waals surface area (Å²) in [4.78, 5) is 1.47. The van der Waals surface area contributed by atoms with Gasteiger partial charge in [-0.15, -0.1) is 0 Å². The lowest BCUT2D eigenvalue weighted by molar-refractivity contribution is 0.372. The maximum absolute atomic E-state index is 3.70. The Morgan fingerprint density at radius 3 is 2.18 bits per heavy atom. The molecule has 1 aliphatic rings. The highest BCUT2D eigenvalue weighted by Crippen LogP contribution is 2.33. The van der Waals surface area contributed by atoms with Crippen molar-refractivity contribution in [3.63, 3.8) is 0 Å². The molecule has 1 rings (SSSR count). The highest BCUT2D eigenvalue weighted by atomic mass is 79.9. The van der Waals surface area contributed by atoms with Crippen molar-refractivity contribution in [2.24, 2.45) is 5.92 Å². The number of halogens is 3. The quantitative estimate of drug-likeness (QED) is 0.659. The van der Waals surface area contributed by atoms with Gasteiger partial charge in [-0.05, 0) is 31.6 Å². The molecule has 0 saturated heterocycles. The zero-order chi connectivity index (χ0) is 8.27. The van der Waals surface area contributed by atoms with Gasteiger partial charge in [0.15, 0.2) is 0 Å². The molecule has 0 aliphatic heterocycles. The third-order valence-corrected chi connectivity index (χ3v) is 5.91. The van der Waals surface area contributed by atoms with Crippen LogP contribution in [0.25, 0.3) is 0 Å². The minimum absolute atomic E-state index is 0.683. The first-order valence-corrected chi connectivity index (χ1v) is 7.03. The molecule has 0 aromatic heterocycles. The summed E-state index contributed by atoms with van der Waals surface area (Å²) < 4.78 is 0. The van der Waals surface area contributed by atoms with E-state index in [-0.39, 0.29) is 0 Å². The third kappa shape index (κ3) is 3.35. The molecule has 0 nitrogen and oxygen atoms in total. The Hall–Kier alpha value is 1.44. The van der Waals surface area contributed by atoms with Gasteiger partial charge in [0.25, 0.3) is 0 Å². The van der Waals surface area contributed by atoms with Crippen LogP contribution < -0.4 is 0 Å². The molecule has 1 unspecified atom stereocenters. The molecule has 3 heteroatoms. The second-order valence-corrected chi connectivity index (χ2v) is 6.30. The molecule has 0 heterocycles. The molecule has 1 fully saturated rings. The van der Waals surface area contributed by atoms with Gasteiger partial charge >= 0.3 is 0 Å². The Labute approximate surface area is 93.9 Å². The van der Waals surface area contributed by atoms with Gasteiger partial charge < -0.3 is 0 Å². The Kier molecular flexibility index (Phi) is 5.00. The van der Waals surface area contributed by atoms with Gasteiger partial charge in [0.2, 0.25) is 0 Å². The van der Waals surface area contributed by atoms with Gasteiger partial charge in [-0.1, -0.05) is 47.8 Å². The van der Waals surface area contributed by atoms with Crippen molar-refractivity contribution in [1.29, 1.82) is 0 Å². The van der Waals surface area contributed by atoms with E-state index in [1.54, 1.807) is 0 Å². The molecule has 1 aliphatic carbocycles. The summed E-state index contributed by atoms with van der Waals surface area (Å²) in [6.07, 6.45) is 5.44. The van der Waals surface area contributed by atoms with E-state index in [2.05, 4.69) is 47.8 Å². The van der Waals surface area contributed by atoms with Crippen LogP contribution in [0.15, 0.2) is 0 Å². The summed E-state index contributed by atoms with van der Waals surface area (Å²) in [5.41, 5.74) is 0. The lowest BCUT2D eigenvalue weighted by Gasteiger charge is -2.27. The molecule has 1 saturated carbocycles. The van der Waals surface area contributed by atoms with E-state index in [9.17, 15) is 0 Å². The highest BCUT2D eigenvalue weighted by molar-refractivity contribution is 9.12. The van der Waals surface area contributed by atoms with E-state index in [0.717, 1.165) is 16.1 Å². The summed E-state index contributed by atoms with van der Waals surface area (Å²) in [5.74, 6) is 0.892. The first-order chi connectivity index (χ1) is 5.24. The molecule has 0 radical (unpaired) electrons. The predicted molar refractivity (Wildman–Crippen MR) is 61.2 cm³/mol. The molecular weight excluding hydrogens is 336 g/mol. The van der Waals surface area contributed by atoms with Gasteiger partial charge in [0.05, 0.1) is 0 Å². The fourth-order valence-corrected chi connectivity index (χ4v) is 3.15. The van der Waals surface area contributed by atoms with Crippen molar-refractivity contribution in [3.05, 3.63) is 0 Å². The Bertz CT molecular complexity index is 108. The summed E-state index contributed by atoms with van der Waals surface area (Å²) in [6.45, 7) is 0. The second-order valence-electron chi connectivity index (χ2n) is 3.18. The topological polar surface area (TPSA) is 0 Å². The molecule has 0 amide bonds. The van der Waals surface area contributed by atoms with Crippen LogP contribution in [0.1, 0.15) is 25.7 Å². The first kappa shape index (κ1) is 10.5. The average molecular weight is 349 g/mol. The lowest BCUT2D eigenvalue weighted by atomic mass is 9.87. The van der Waals surface area contributed by atoms with E-state index in [1.165, 1.54) is 25.7 Å².